The van der Waals surface area contributed by atoms with E-state index in [4.69, 9.17) is 4.55 Å². The molecule has 0 aliphatic carbocycles. The van der Waals surface area contributed by atoms with Crippen molar-refractivity contribution >= 4 is 10.1 Å². The Morgan fingerprint density at radius 2 is 1.50 bits per heavy atom. The van der Waals surface area contributed by atoms with Gasteiger partial charge >= 0.3 is 0 Å². The van der Waals surface area contributed by atoms with Crippen LogP contribution in [0.4, 0.5) is 0 Å². The third kappa shape index (κ3) is 4.60. The van der Waals surface area contributed by atoms with E-state index in [9.17, 15) is 8.42 Å². The maximum absolute atomic E-state index is 11.0. The Balaban J connectivity index is 2.59. The average Bonchev–Trinajstić information content (AvgIpc) is 2.44. The van der Waals surface area contributed by atoms with E-state index < -0.39 is 10.1 Å². The van der Waals surface area contributed by atoms with Crippen molar-refractivity contribution in [3.05, 3.63) is 29.8 Å². The van der Waals surface area contributed by atoms with Gasteiger partial charge in [0.2, 0.25) is 0 Å². The van der Waals surface area contributed by atoms with Crippen LogP contribution in [0.5, 0.6) is 0 Å². The van der Waals surface area contributed by atoms with Crippen LogP contribution in [0.25, 0.3) is 0 Å². The summed E-state index contributed by atoms with van der Waals surface area (Å²) in [6.07, 6.45) is 6.90. The molecule has 0 radical (unpaired) electrons. The Bertz CT molecular complexity index is 491. The predicted molar refractivity (Wildman–Crippen MR) is 82.5 cm³/mol. The molecule has 0 saturated carbocycles. The number of benzene rings is 1. The Morgan fingerprint density at radius 3 is 1.90 bits per heavy atom. The molecule has 1 aromatic carbocycles. The molecule has 0 atom stereocenters. The summed E-state index contributed by atoms with van der Waals surface area (Å²) < 4.78 is 30.9. The van der Waals surface area contributed by atoms with Crippen LogP contribution >= 0.6 is 0 Å². The summed E-state index contributed by atoms with van der Waals surface area (Å²) >= 11 is 0. The molecule has 3 nitrogen and oxygen atoms in total. The monoisotopic (exact) mass is 298 g/mol. The molecule has 0 aliphatic rings. The standard InChI is InChI=1S/C16H26O3S/c1-4-16(5-2,6-3)13-7-8-14-9-11-15(12-10-14)20(17,18)19/h9-12H,4-8,13H2,1-3H3,(H,17,18,19). The first-order chi connectivity index (χ1) is 9.37. The molecule has 0 aliphatic heterocycles. The molecule has 114 valence electrons. The Morgan fingerprint density at radius 1 is 1.00 bits per heavy atom. The summed E-state index contributed by atoms with van der Waals surface area (Å²) in [4.78, 5) is -0.0359. The van der Waals surface area contributed by atoms with E-state index in [0.717, 1.165) is 18.4 Å². The zero-order chi connectivity index (χ0) is 15.2. The third-order valence-corrected chi connectivity index (χ3v) is 5.51. The Kier molecular flexibility index (Phi) is 6.21. The average molecular weight is 298 g/mol. The lowest BCUT2D eigenvalue weighted by atomic mass is 9.75. The molecule has 1 N–H and O–H groups in total. The SMILES string of the molecule is CCC(CC)(CC)CCCc1ccc(S(=O)(=O)O)cc1. The van der Waals surface area contributed by atoms with Crippen molar-refractivity contribution in [3.63, 3.8) is 0 Å². The van der Waals surface area contributed by atoms with Crippen molar-refractivity contribution in [3.8, 4) is 0 Å². The first kappa shape index (κ1) is 17.2. The van der Waals surface area contributed by atoms with Crippen molar-refractivity contribution in [2.75, 3.05) is 0 Å². The zero-order valence-corrected chi connectivity index (χ0v) is 13.5. The molecular formula is C16H26O3S. The Labute approximate surface area is 123 Å². The first-order valence-electron chi connectivity index (χ1n) is 7.43. The number of hydrogen-bond donors (Lipinski definition) is 1. The molecule has 4 heteroatoms. The van der Waals surface area contributed by atoms with Gasteiger partial charge in [-0.25, -0.2) is 0 Å². The normalized spacial score (nSPS) is 12.6. The maximum Gasteiger partial charge on any atom is 0.294 e. The highest BCUT2D eigenvalue weighted by Crippen LogP contribution is 2.35. The number of hydrogen-bond acceptors (Lipinski definition) is 2. The minimum Gasteiger partial charge on any atom is -0.282 e. The quantitative estimate of drug-likeness (QED) is 0.720. The fraction of sp³-hybridized carbons (Fsp3) is 0.625. The molecule has 0 spiro atoms. The van der Waals surface area contributed by atoms with Crippen molar-refractivity contribution in [1.82, 2.24) is 0 Å². The summed E-state index contributed by atoms with van der Waals surface area (Å²) in [6.45, 7) is 6.77. The second-order valence-corrected chi connectivity index (χ2v) is 6.95. The second-order valence-electron chi connectivity index (χ2n) is 5.53. The van der Waals surface area contributed by atoms with Crippen LogP contribution in [0.3, 0.4) is 0 Å². The lowest BCUT2D eigenvalue weighted by molar-refractivity contribution is 0.223. The van der Waals surface area contributed by atoms with Crippen LogP contribution in [-0.4, -0.2) is 13.0 Å². The van der Waals surface area contributed by atoms with E-state index in [1.165, 1.54) is 37.8 Å². The molecule has 0 heterocycles. The summed E-state index contributed by atoms with van der Waals surface area (Å²) in [7, 11) is -4.08. The summed E-state index contributed by atoms with van der Waals surface area (Å²) in [6, 6.07) is 6.51. The van der Waals surface area contributed by atoms with E-state index in [2.05, 4.69) is 20.8 Å². The van der Waals surface area contributed by atoms with Gasteiger partial charge in [0.25, 0.3) is 10.1 Å². The molecular weight excluding hydrogens is 272 g/mol. The second kappa shape index (κ2) is 7.23. The summed E-state index contributed by atoms with van der Waals surface area (Å²) in [5, 5.41) is 0. The van der Waals surface area contributed by atoms with Gasteiger partial charge in [0.1, 0.15) is 0 Å². The van der Waals surface area contributed by atoms with Gasteiger partial charge in [-0.2, -0.15) is 8.42 Å². The lowest BCUT2D eigenvalue weighted by Crippen LogP contribution is -2.17. The lowest BCUT2D eigenvalue weighted by Gasteiger charge is -2.30. The summed E-state index contributed by atoms with van der Waals surface area (Å²) in [5.41, 5.74) is 1.57. The van der Waals surface area contributed by atoms with Crippen LogP contribution in [0.15, 0.2) is 29.2 Å². The molecule has 0 unspecified atom stereocenters. The zero-order valence-electron chi connectivity index (χ0n) is 12.7. The van der Waals surface area contributed by atoms with Gasteiger partial charge in [0.15, 0.2) is 0 Å². The molecule has 0 bridgehead atoms. The van der Waals surface area contributed by atoms with Crippen molar-refractivity contribution in [1.29, 1.82) is 0 Å². The fourth-order valence-electron chi connectivity index (χ4n) is 2.78. The van der Waals surface area contributed by atoms with Crippen molar-refractivity contribution < 1.29 is 13.0 Å². The molecule has 20 heavy (non-hydrogen) atoms. The van der Waals surface area contributed by atoms with E-state index in [0.29, 0.717) is 5.41 Å². The van der Waals surface area contributed by atoms with Gasteiger partial charge in [-0.05, 0) is 42.4 Å². The Hall–Kier alpha value is -0.870. The van der Waals surface area contributed by atoms with Gasteiger partial charge in [-0.15, -0.1) is 0 Å². The van der Waals surface area contributed by atoms with Crippen LogP contribution in [0.1, 0.15) is 58.4 Å². The van der Waals surface area contributed by atoms with Gasteiger partial charge in [-0.1, -0.05) is 52.2 Å². The van der Waals surface area contributed by atoms with Crippen LogP contribution in [0, 0.1) is 5.41 Å². The molecule has 1 rings (SSSR count). The summed E-state index contributed by atoms with van der Waals surface area (Å²) in [5.74, 6) is 0. The highest BCUT2D eigenvalue weighted by Gasteiger charge is 2.22. The van der Waals surface area contributed by atoms with Gasteiger partial charge in [-0.3, -0.25) is 4.55 Å². The largest absolute Gasteiger partial charge is 0.294 e. The first-order valence-corrected chi connectivity index (χ1v) is 8.87. The molecule has 0 saturated heterocycles. The highest BCUT2D eigenvalue weighted by atomic mass is 32.2. The van der Waals surface area contributed by atoms with E-state index in [1.807, 2.05) is 0 Å². The predicted octanol–water partition coefficient (Wildman–Crippen LogP) is 4.47. The minimum atomic E-state index is -4.08. The van der Waals surface area contributed by atoms with E-state index in [-0.39, 0.29) is 4.90 Å². The van der Waals surface area contributed by atoms with Crippen molar-refractivity contribution in [2.24, 2.45) is 5.41 Å². The molecule has 0 aromatic heterocycles. The molecule has 0 fully saturated rings. The van der Waals surface area contributed by atoms with E-state index >= 15 is 0 Å². The van der Waals surface area contributed by atoms with Gasteiger partial charge in [0.05, 0.1) is 4.90 Å². The smallest absolute Gasteiger partial charge is 0.282 e. The van der Waals surface area contributed by atoms with Gasteiger partial charge < -0.3 is 0 Å². The van der Waals surface area contributed by atoms with Gasteiger partial charge in [0, 0.05) is 0 Å². The number of rotatable bonds is 8. The molecule has 0 amide bonds. The van der Waals surface area contributed by atoms with Crippen LogP contribution in [-0.2, 0) is 16.5 Å². The topological polar surface area (TPSA) is 54.4 Å². The third-order valence-electron chi connectivity index (χ3n) is 4.64. The van der Waals surface area contributed by atoms with E-state index in [1.54, 1.807) is 12.1 Å². The maximum atomic E-state index is 11.0. The van der Waals surface area contributed by atoms with Crippen molar-refractivity contribution in [2.45, 2.75) is 64.2 Å². The minimum absolute atomic E-state index is 0.0359. The fourth-order valence-corrected chi connectivity index (χ4v) is 3.26. The molecule has 1 aromatic rings. The number of aryl methyl sites for hydroxylation is 1. The highest BCUT2D eigenvalue weighted by molar-refractivity contribution is 7.85. The van der Waals surface area contributed by atoms with Crippen LogP contribution in [0.2, 0.25) is 0 Å². The van der Waals surface area contributed by atoms with Crippen LogP contribution < -0.4 is 0 Å².